The Hall–Kier alpha value is -1.75. The highest BCUT2D eigenvalue weighted by Crippen LogP contribution is 2.08. The van der Waals surface area contributed by atoms with E-state index in [1.54, 1.807) is 0 Å². The van der Waals surface area contributed by atoms with Gasteiger partial charge in [0.1, 0.15) is 5.82 Å². The van der Waals surface area contributed by atoms with E-state index in [9.17, 15) is 14.0 Å². The van der Waals surface area contributed by atoms with E-state index in [0.29, 0.717) is 5.56 Å². The van der Waals surface area contributed by atoms with E-state index < -0.39 is 5.82 Å². The lowest BCUT2D eigenvalue weighted by molar-refractivity contribution is -0.168. The minimum atomic E-state index is -0.392. The van der Waals surface area contributed by atoms with Crippen LogP contribution in [0.1, 0.15) is 23.2 Å². The SMILES string of the molecule is CON(C)C(=O)CCC(=O)c1ccc(F)cc1. The van der Waals surface area contributed by atoms with Crippen molar-refractivity contribution < 1.29 is 18.8 Å². The van der Waals surface area contributed by atoms with Crippen molar-refractivity contribution in [3.63, 3.8) is 0 Å². The summed E-state index contributed by atoms with van der Waals surface area (Å²) < 4.78 is 12.6. The number of benzene rings is 1. The Morgan fingerprint density at radius 1 is 1.24 bits per heavy atom. The highest BCUT2D eigenvalue weighted by molar-refractivity contribution is 5.97. The number of hydroxylamine groups is 2. The minimum absolute atomic E-state index is 0.0700. The maximum atomic E-state index is 12.6. The summed E-state index contributed by atoms with van der Waals surface area (Å²) >= 11 is 0. The summed E-state index contributed by atoms with van der Waals surface area (Å²) in [5, 5.41) is 1.07. The van der Waals surface area contributed by atoms with Gasteiger partial charge in [0.2, 0.25) is 5.91 Å². The Kier molecular flexibility index (Phi) is 4.78. The monoisotopic (exact) mass is 239 g/mol. The molecule has 0 aliphatic rings. The van der Waals surface area contributed by atoms with E-state index in [2.05, 4.69) is 4.84 Å². The van der Waals surface area contributed by atoms with Crippen LogP contribution in [0.2, 0.25) is 0 Å². The molecular formula is C12H14FNO3. The summed E-state index contributed by atoms with van der Waals surface area (Å²) in [7, 11) is 2.85. The van der Waals surface area contributed by atoms with Crippen molar-refractivity contribution in [3.05, 3.63) is 35.6 Å². The molecule has 0 bridgehead atoms. The third kappa shape index (κ3) is 3.96. The molecule has 0 radical (unpaired) electrons. The lowest BCUT2D eigenvalue weighted by Gasteiger charge is -2.12. The number of nitrogens with zero attached hydrogens (tertiary/aromatic N) is 1. The Labute approximate surface area is 98.9 Å². The number of halogens is 1. The summed E-state index contributed by atoms with van der Waals surface area (Å²) in [5.41, 5.74) is 0.402. The van der Waals surface area contributed by atoms with Gasteiger partial charge >= 0.3 is 0 Å². The molecule has 0 aliphatic carbocycles. The van der Waals surface area contributed by atoms with Gasteiger partial charge in [-0.25, -0.2) is 9.45 Å². The molecule has 0 saturated heterocycles. The number of carbonyl (C=O) groups is 2. The first-order valence-electron chi connectivity index (χ1n) is 5.14. The molecule has 0 unspecified atom stereocenters. The fraction of sp³-hybridized carbons (Fsp3) is 0.333. The number of amides is 1. The second-order valence-electron chi connectivity index (χ2n) is 3.50. The van der Waals surface area contributed by atoms with Crippen molar-refractivity contribution in [3.8, 4) is 0 Å². The molecule has 0 N–H and O–H groups in total. The predicted octanol–water partition coefficient (Wildman–Crippen LogP) is 1.81. The average molecular weight is 239 g/mol. The number of hydrogen-bond acceptors (Lipinski definition) is 3. The summed E-state index contributed by atoms with van der Waals surface area (Å²) in [6.07, 6.45) is 0.152. The molecule has 0 heterocycles. The quantitative estimate of drug-likeness (QED) is 0.581. The maximum Gasteiger partial charge on any atom is 0.246 e. The Morgan fingerprint density at radius 3 is 2.35 bits per heavy atom. The van der Waals surface area contributed by atoms with Crippen LogP contribution in [0.15, 0.2) is 24.3 Å². The Morgan fingerprint density at radius 2 is 1.82 bits per heavy atom. The maximum absolute atomic E-state index is 12.6. The molecule has 0 aromatic heterocycles. The third-order valence-corrected chi connectivity index (χ3v) is 2.36. The second-order valence-corrected chi connectivity index (χ2v) is 3.50. The van der Waals surface area contributed by atoms with Crippen molar-refractivity contribution in [1.29, 1.82) is 0 Å². The zero-order valence-corrected chi connectivity index (χ0v) is 9.77. The smallest absolute Gasteiger partial charge is 0.246 e. The molecule has 1 rings (SSSR count). The van der Waals surface area contributed by atoms with Crippen molar-refractivity contribution >= 4 is 11.7 Å². The zero-order valence-electron chi connectivity index (χ0n) is 9.77. The van der Waals surface area contributed by atoms with Gasteiger partial charge < -0.3 is 0 Å². The Balaban J connectivity index is 2.50. The lowest BCUT2D eigenvalue weighted by Crippen LogP contribution is -2.25. The first-order chi connectivity index (χ1) is 8.04. The van der Waals surface area contributed by atoms with Crippen LogP contribution in [0.25, 0.3) is 0 Å². The van der Waals surface area contributed by atoms with Crippen LogP contribution in [-0.4, -0.2) is 30.9 Å². The summed E-state index contributed by atoms with van der Waals surface area (Å²) in [4.78, 5) is 27.7. The van der Waals surface area contributed by atoms with Crippen LogP contribution in [0.4, 0.5) is 4.39 Å². The van der Waals surface area contributed by atoms with E-state index in [4.69, 9.17) is 0 Å². The molecule has 0 atom stereocenters. The highest BCUT2D eigenvalue weighted by Gasteiger charge is 2.12. The van der Waals surface area contributed by atoms with Gasteiger partial charge in [0.15, 0.2) is 5.78 Å². The minimum Gasteiger partial charge on any atom is -0.294 e. The van der Waals surface area contributed by atoms with Gasteiger partial charge in [-0.2, -0.15) is 0 Å². The summed E-state index contributed by atoms with van der Waals surface area (Å²) in [6.45, 7) is 0. The van der Waals surface area contributed by atoms with E-state index in [1.165, 1.54) is 38.4 Å². The van der Waals surface area contributed by atoms with Crippen LogP contribution in [0, 0.1) is 5.82 Å². The third-order valence-electron chi connectivity index (χ3n) is 2.36. The fourth-order valence-corrected chi connectivity index (χ4v) is 1.26. The zero-order chi connectivity index (χ0) is 12.8. The molecule has 5 heteroatoms. The average Bonchev–Trinajstić information content (AvgIpc) is 2.35. The first kappa shape index (κ1) is 13.3. The second kappa shape index (κ2) is 6.10. The molecule has 0 fully saturated rings. The van der Waals surface area contributed by atoms with Gasteiger partial charge in [-0.05, 0) is 24.3 Å². The molecule has 92 valence electrons. The van der Waals surface area contributed by atoms with Crippen molar-refractivity contribution in [2.45, 2.75) is 12.8 Å². The Bertz CT molecular complexity index is 403. The van der Waals surface area contributed by atoms with E-state index in [0.717, 1.165) is 5.06 Å². The molecule has 0 aliphatic heterocycles. The van der Waals surface area contributed by atoms with Gasteiger partial charge in [0, 0.05) is 25.5 Å². The van der Waals surface area contributed by atoms with Gasteiger partial charge in [-0.3, -0.25) is 14.4 Å². The first-order valence-corrected chi connectivity index (χ1v) is 5.14. The largest absolute Gasteiger partial charge is 0.294 e. The molecule has 0 saturated carbocycles. The van der Waals surface area contributed by atoms with E-state index >= 15 is 0 Å². The number of ketones is 1. The molecule has 4 nitrogen and oxygen atoms in total. The van der Waals surface area contributed by atoms with Crippen LogP contribution in [0.5, 0.6) is 0 Å². The van der Waals surface area contributed by atoms with Crippen LogP contribution in [0.3, 0.4) is 0 Å². The molecular weight excluding hydrogens is 225 g/mol. The van der Waals surface area contributed by atoms with Gasteiger partial charge in [-0.1, -0.05) is 0 Å². The molecule has 1 aromatic rings. The number of carbonyl (C=O) groups excluding carboxylic acids is 2. The van der Waals surface area contributed by atoms with Crippen molar-refractivity contribution in [1.82, 2.24) is 5.06 Å². The van der Waals surface area contributed by atoms with Gasteiger partial charge in [-0.15, -0.1) is 0 Å². The molecule has 1 aromatic carbocycles. The topological polar surface area (TPSA) is 46.6 Å². The number of Topliss-reactive ketones (excluding diaryl/α,β-unsaturated/α-hetero) is 1. The standard InChI is InChI=1S/C12H14FNO3/c1-14(17-2)12(16)8-7-11(15)9-3-5-10(13)6-4-9/h3-6H,7-8H2,1-2H3. The number of hydrogen-bond donors (Lipinski definition) is 0. The van der Waals surface area contributed by atoms with Gasteiger partial charge in [0.05, 0.1) is 7.11 Å². The highest BCUT2D eigenvalue weighted by atomic mass is 19.1. The van der Waals surface area contributed by atoms with Crippen molar-refractivity contribution in [2.75, 3.05) is 14.2 Å². The van der Waals surface area contributed by atoms with E-state index in [-0.39, 0.29) is 24.5 Å². The normalized spacial score (nSPS) is 10.1. The lowest BCUT2D eigenvalue weighted by atomic mass is 10.1. The summed E-state index contributed by atoms with van der Waals surface area (Å²) in [6, 6.07) is 5.25. The van der Waals surface area contributed by atoms with Crippen LogP contribution >= 0.6 is 0 Å². The molecule has 17 heavy (non-hydrogen) atoms. The van der Waals surface area contributed by atoms with Crippen LogP contribution in [-0.2, 0) is 9.63 Å². The number of rotatable bonds is 5. The molecule has 0 spiro atoms. The fourth-order valence-electron chi connectivity index (χ4n) is 1.26. The van der Waals surface area contributed by atoms with Crippen molar-refractivity contribution in [2.24, 2.45) is 0 Å². The molecule has 1 amide bonds. The van der Waals surface area contributed by atoms with Crippen LogP contribution < -0.4 is 0 Å². The van der Waals surface area contributed by atoms with E-state index in [1.807, 2.05) is 0 Å². The summed E-state index contributed by atoms with van der Waals surface area (Å²) in [5.74, 6) is -0.859. The predicted molar refractivity (Wildman–Crippen MR) is 59.7 cm³/mol. The van der Waals surface area contributed by atoms with Gasteiger partial charge in [0.25, 0.3) is 0 Å².